The first-order valence-corrected chi connectivity index (χ1v) is 9.39. The van der Waals surface area contributed by atoms with Gasteiger partial charge in [-0.3, -0.25) is 0 Å². The van der Waals surface area contributed by atoms with E-state index in [1.54, 1.807) is 0 Å². The van der Waals surface area contributed by atoms with Crippen LogP contribution in [0.25, 0.3) is 0 Å². The van der Waals surface area contributed by atoms with Crippen LogP contribution < -0.4 is 10.6 Å². The Morgan fingerprint density at radius 3 is 1.33 bits per heavy atom. The van der Waals surface area contributed by atoms with E-state index in [9.17, 15) is 0 Å². The lowest BCUT2D eigenvalue weighted by Gasteiger charge is -2.29. The Morgan fingerprint density at radius 1 is 0.583 bits per heavy atom. The molecule has 0 spiro atoms. The molecule has 2 aromatic rings. The van der Waals surface area contributed by atoms with Gasteiger partial charge in [-0.15, -0.1) is 0 Å². The lowest BCUT2D eigenvalue weighted by molar-refractivity contribution is 0.261. The van der Waals surface area contributed by atoms with Crippen LogP contribution in [0.2, 0.25) is 0 Å². The highest BCUT2D eigenvalue weighted by atomic mass is 14.9. The summed E-state index contributed by atoms with van der Waals surface area (Å²) >= 11 is 0. The first kappa shape index (κ1) is 17.2. The van der Waals surface area contributed by atoms with E-state index in [0.29, 0.717) is 0 Å². The number of rotatable bonds is 8. The molecule has 2 aromatic carbocycles. The van der Waals surface area contributed by atoms with Crippen LogP contribution >= 0.6 is 0 Å². The normalized spacial score (nSPS) is 20.8. The van der Waals surface area contributed by atoms with Crippen LogP contribution in [0.1, 0.15) is 36.8 Å². The summed E-state index contributed by atoms with van der Waals surface area (Å²) in [6.45, 7) is 4.33. The van der Waals surface area contributed by atoms with Crippen molar-refractivity contribution < 1.29 is 0 Å². The van der Waals surface area contributed by atoms with Crippen molar-refractivity contribution in [3.05, 3.63) is 71.8 Å². The van der Waals surface area contributed by atoms with Crippen molar-refractivity contribution in [2.75, 3.05) is 13.1 Å². The quantitative estimate of drug-likeness (QED) is 0.754. The fourth-order valence-corrected chi connectivity index (χ4v) is 3.67. The smallest absolute Gasteiger partial charge is 0.0205 e. The molecule has 0 amide bonds. The zero-order valence-electron chi connectivity index (χ0n) is 14.6. The van der Waals surface area contributed by atoms with Crippen LogP contribution in [0.15, 0.2) is 60.7 Å². The monoisotopic (exact) mass is 322 g/mol. The highest BCUT2D eigenvalue weighted by Crippen LogP contribution is 2.28. The lowest BCUT2D eigenvalue weighted by atomic mass is 9.82. The molecular formula is C22H30N2. The van der Waals surface area contributed by atoms with Crippen LogP contribution in [0, 0.1) is 11.8 Å². The summed E-state index contributed by atoms with van der Waals surface area (Å²) in [7, 11) is 0. The first-order chi connectivity index (χ1) is 11.9. The molecule has 2 N–H and O–H groups in total. The third-order valence-electron chi connectivity index (χ3n) is 5.18. The summed E-state index contributed by atoms with van der Waals surface area (Å²) < 4.78 is 0. The molecule has 2 nitrogen and oxygen atoms in total. The summed E-state index contributed by atoms with van der Waals surface area (Å²) in [6.07, 6.45) is 5.50. The van der Waals surface area contributed by atoms with Gasteiger partial charge < -0.3 is 10.6 Å². The molecule has 1 aliphatic rings. The van der Waals surface area contributed by atoms with Crippen molar-refractivity contribution in [1.29, 1.82) is 0 Å². The average molecular weight is 322 g/mol. The Hall–Kier alpha value is -1.64. The van der Waals surface area contributed by atoms with Crippen LogP contribution in [0.3, 0.4) is 0 Å². The first-order valence-electron chi connectivity index (χ1n) is 9.39. The van der Waals surface area contributed by atoms with Gasteiger partial charge in [-0.25, -0.2) is 0 Å². The van der Waals surface area contributed by atoms with Gasteiger partial charge in [-0.1, -0.05) is 60.7 Å². The SMILES string of the molecule is c1ccc(CNCC2CCC(CNCc3ccccc3)CC2)cc1. The van der Waals surface area contributed by atoms with Crippen molar-refractivity contribution in [1.82, 2.24) is 10.6 Å². The maximum absolute atomic E-state index is 3.64. The Labute approximate surface area is 146 Å². The number of nitrogens with one attached hydrogen (secondary N) is 2. The van der Waals surface area contributed by atoms with E-state index in [2.05, 4.69) is 71.3 Å². The van der Waals surface area contributed by atoms with Crippen molar-refractivity contribution >= 4 is 0 Å². The maximum atomic E-state index is 3.64. The topological polar surface area (TPSA) is 24.1 Å². The molecule has 0 atom stereocenters. The molecule has 3 rings (SSSR count). The highest BCUT2D eigenvalue weighted by Gasteiger charge is 2.20. The molecular weight excluding hydrogens is 292 g/mol. The third kappa shape index (κ3) is 5.77. The molecule has 1 saturated carbocycles. The summed E-state index contributed by atoms with van der Waals surface area (Å²) in [4.78, 5) is 0. The fraction of sp³-hybridized carbons (Fsp3) is 0.455. The van der Waals surface area contributed by atoms with Crippen LogP contribution in [0.4, 0.5) is 0 Å². The molecule has 1 fully saturated rings. The Kier molecular flexibility index (Phi) is 6.88. The van der Waals surface area contributed by atoms with E-state index in [0.717, 1.165) is 24.9 Å². The van der Waals surface area contributed by atoms with Crippen molar-refractivity contribution in [2.24, 2.45) is 11.8 Å². The molecule has 24 heavy (non-hydrogen) atoms. The van der Waals surface area contributed by atoms with Gasteiger partial charge in [0.15, 0.2) is 0 Å². The summed E-state index contributed by atoms with van der Waals surface area (Å²) in [5, 5.41) is 7.27. The zero-order chi connectivity index (χ0) is 16.5. The standard InChI is InChI=1S/C22H30N2/c1-3-7-19(8-4-1)15-23-17-21-11-13-22(14-12-21)18-24-16-20-9-5-2-6-10-20/h1-10,21-24H,11-18H2. The minimum absolute atomic E-state index is 0.860. The highest BCUT2D eigenvalue weighted by molar-refractivity contribution is 5.14. The maximum Gasteiger partial charge on any atom is 0.0205 e. The molecule has 0 aliphatic heterocycles. The summed E-state index contributed by atoms with van der Waals surface area (Å²) in [5.74, 6) is 1.72. The van der Waals surface area contributed by atoms with Gasteiger partial charge in [-0.2, -0.15) is 0 Å². The van der Waals surface area contributed by atoms with Gasteiger partial charge >= 0.3 is 0 Å². The van der Waals surface area contributed by atoms with Gasteiger partial charge in [0.05, 0.1) is 0 Å². The second-order valence-corrected chi connectivity index (χ2v) is 7.12. The molecule has 0 aromatic heterocycles. The number of benzene rings is 2. The molecule has 0 heterocycles. The van der Waals surface area contributed by atoms with E-state index < -0.39 is 0 Å². The molecule has 0 saturated heterocycles. The average Bonchev–Trinajstić information content (AvgIpc) is 2.65. The molecule has 0 radical (unpaired) electrons. The molecule has 0 unspecified atom stereocenters. The van der Waals surface area contributed by atoms with Gasteiger partial charge in [0.25, 0.3) is 0 Å². The third-order valence-corrected chi connectivity index (χ3v) is 5.18. The van der Waals surface area contributed by atoms with E-state index in [1.165, 1.54) is 49.9 Å². The predicted octanol–water partition coefficient (Wildman–Crippen LogP) is 4.37. The largest absolute Gasteiger partial charge is 0.312 e. The molecule has 0 bridgehead atoms. The predicted molar refractivity (Wildman–Crippen MR) is 102 cm³/mol. The summed E-state index contributed by atoms with van der Waals surface area (Å²) in [5.41, 5.74) is 2.77. The number of hydrogen-bond acceptors (Lipinski definition) is 2. The van der Waals surface area contributed by atoms with Crippen molar-refractivity contribution in [3.8, 4) is 0 Å². The van der Waals surface area contributed by atoms with E-state index >= 15 is 0 Å². The zero-order valence-corrected chi connectivity index (χ0v) is 14.6. The lowest BCUT2D eigenvalue weighted by Crippen LogP contribution is -2.30. The van der Waals surface area contributed by atoms with Gasteiger partial charge in [0, 0.05) is 13.1 Å². The van der Waals surface area contributed by atoms with Crippen molar-refractivity contribution in [2.45, 2.75) is 38.8 Å². The molecule has 1 aliphatic carbocycles. The molecule has 2 heteroatoms. The Balaban J connectivity index is 1.27. The van der Waals surface area contributed by atoms with Crippen molar-refractivity contribution in [3.63, 3.8) is 0 Å². The second-order valence-electron chi connectivity index (χ2n) is 7.12. The van der Waals surface area contributed by atoms with Gasteiger partial charge in [0.2, 0.25) is 0 Å². The van der Waals surface area contributed by atoms with Crippen LogP contribution in [-0.4, -0.2) is 13.1 Å². The Bertz CT molecular complexity index is 506. The fourth-order valence-electron chi connectivity index (χ4n) is 3.67. The van der Waals surface area contributed by atoms with Crippen LogP contribution in [-0.2, 0) is 13.1 Å². The van der Waals surface area contributed by atoms with E-state index in [1.807, 2.05) is 0 Å². The van der Waals surface area contributed by atoms with E-state index in [4.69, 9.17) is 0 Å². The van der Waals surface area contributed by atoms with Gasteiger partial charge in [-0.05, 0) is 61.7 Å². The molecule has 128 valence electrons. The second kappa shape index (κ2) is 9.61. The summed E-state index contributed by atoms with van der Waals surface area (Å²) in [6, 6.07) is 21.4. The minimum atomic E-state index is 0.860. The van der Waals surface area contributed by atoms with E-state index in [-0.39, 0.29) is 0 Å². The Morgan fingerprint density at radius 2 is 0.958 bits per heavy atom. The van der Waals surface area contributed by atoms with Crippen LogP contribution in [0.5, 0.6) is 0 Å². The minimum Gasteiger partial charge on any atom is -0.312 e. The number of hydrogen-bond donors (Lipinski definition) is 2. The van der Waals surface area contributed by atoms with Gasteiger partial charge in [0.1, 0.15) is 0 Å².